The Morgan fingerprint density at radius 3 is 2.93 bits per heavy atom. The van der Waals surface area contributed by atoms with Crippen molar-refractivity contribution >= 4 is 17.7 Å². The zero-order valence-corrected chi connectivity index (χ0v) is 8.58. The maximum Gasteiger partial charge on any atom is 0.262 e. The van der Waals surface area contributed by atoms with Crippen LogP contribution in [0, 0.1) is 12.7 Å². The third kappa shape index (κ3) is 2.24. The van der Waals surface area contributed by atoms with Crippen molar-refractivity contribution in [3.05, 3.63) is 24.0 Å². The van der Waals surface area contributed by atoms with Crippen LogP contribution in [0.4, 0.5) is 10.3 Å². The Kier molecular flexibility index (Phi) is 2.55. The van der Waals surface area contributed by atoms with Crippen LogP contribution in [0.25, 0.3) is 0 Å². The van der Waals surface area contributed by atoms with E-state index in [2.05, 4.69) is 15.0 Å². The van der Waals surface area contributed by atoms with Crippen LogP contribution in [0.2, 0.25) is 0 Å². The van der Waals surface area contributed by atoms with Crippen molar-refractivity contribution in [2.45, 2.75) is 17.2 Å². The van der Waals surface area contributed by atoms with E-state index in [1.165, 1.54) is 6.26 Å². The number of nitrogens with zero attached hydrogens (tertiary/aromatic N) is 3. The molecule has 0 atom stereocenters. The van der Waals surface area contributed by atoms with Crippen molar-refractivity contribution in [2.24, 2.45) is 0 Å². The van der Waals surface area contributed by atoms with Crippen LogP contribution >= 0.6 is 11.8 Å². The van der Waals surface area contributed by atoms with Crippen LogP contribution in [0.15, 0.2) is 27.1 Å². The summed E-state index contributed by atoms with van der Waals surface area (Å²) in [6.07, 6.45) is 2.49. The molecule has 2 aromatic heterocycles. The smallest absolute Gasteiger partial charge is 0.262 e. The number of nitrogens with two attached hydrogens (primary N) is 1. The maximum atomic E-state index is 13.2. The van der Waals surface area contributed by atoms with Crippen molar-refractivity contribution in [3.8, 4) is 0 Å². The standard InChI is InChI=1S/C8H7FN4OS/c1-4-3-14-8(12-4)15-6-5(9)2-11-7(10)13-6/h2-3H,1H3,(H2,10,11,13). The summed E-state index contributed by atoms with van der Waals surface area (Å²) in [5, 5.41) is 0.425. The van der Waals surface area contributed by atoms with Gasteiger partial charge in [0.25, 0.3) is 5.22 Å². The maximum absolute atomic E-state index is 13.2. The quantitative estimate of drug-likeness (QED) is 0.784. The molecular formula is C8H7FN4OS. The predicted molar refractivity (Wildman–Crippen MR) is 51.8 cm³/mol. The monoisotopic (exact) mass is 226 g/mol. The molecule has 78 valence electrons. The molecule has 0 aliphatic rings. The van der Waals surface area contributed by atoms with Gasteiger partial charge >= 0.3 is 0 Å². The predicted octanol–water partition coefficient (Wildman–Crippen LogP) is 1.65. The van der Waals surface area contributed by atoms with Crippen LogP contribution in [0.3, 0.4) is 0 Å². The zero-order valence-electron chi connectivity index (χ0n) is 7.77. The highest BCUT2D eigenvalue weighted by Crippen LogP contribution is 2.27. The molecule has 0 radical (unpaired) electrons. The first kappa shape index (κ1) is 9.91. The first-order chi connectivity index (χ1) is 7.15. The van der Waals surface area contributed by atoms with Gasteiger partial charge in [0.2, 0.25) is 5.95 Å². The minimum atomic E-state index is -0.551. The number of aryl methyl sites for hydroxylation is 1. The van der Waals surface area contributed by atoms with Gasteiger partial charge in [0, 0.05) is 0 Å². The van der Waals surface area contributed by atoms with E-state index in [0.29, 0.717) is 5.22 Å². The molecule has 7 heteroatoms. The van der Waals surface area contributed by atoms with Crippen LogP contribution in [-0.2, 0) is 0 Å². The highest BCUT2D eigenvalue weighted by Gasteiger charge is 2.11. The molecule has 0 bridgehead atoms. The van der Waals surface area contributed by atoms with Gasteiger partial charge < -0.3 is 10.2 Å². The summed E-state index contributed by atoms with van der Waals surface area (Å²) in [5.41, 5.74) is 6.06. The van der Waals surface area contributed by atoms with Crippen molar-refractivity contribution in [1.29, 1.82) is 0 Å². The van der Waals surface area contributed by atoms with Gasteiger partial charge in [0.05, 0.1) is 11.9 Å². The van der Waals surface area contributed by atoms with Gasteiger partial charge in [-0.2, -0.15) is 0 Å². The summed E-state index contributed by atoms with van der Waals surface area (Å²) in [4.78, 5) is 11.3. The van der Waals surface area contributed by atoms with E-state index in [4.69, 9.17) is 10.2 Å². The SMILES string of the molecule is Cc1coc(Sc2nc(N)ncc2F)n1. The summed E-state index contributed by atoms with van der Waals surface area (Å²) in [6, 6.07) is 0. The van der Waals surface area contributed by atoms with Crippen molar-refractivity contribution < 1.29 is 8.81 Å². The molecule has 0 unspecified atom stereocenters. The summed E-state index contributed by atoms with van der Waals surface area (Å²) in [7, 11) is 0. The second-order valence-electron chi connectivity index (χ2n) is 2.74. The molecule has 15 heavy (non-hydrogen) atoms. The number of aromatic nitrogens is 3. The number of anilines is 1. The largest absolute Gasteiger partial charge is 0.439 e. The van der Waals surface area contributed by atoms with Gasteiger partial charge in [0.1, 0.15) is 11.3 Å². The zero-order chi connectivity index (χ0) is 10.8. The van der Waals surface area contributed by atoms with E-state index < -0.39 is 5.82 Å². The molecule has 2 rings (SSSR count). The molecule has 2 heterocycles. The summed E-state index contributed by atoms with van der Waals surface area (Å²) >= 11 is 0.965. The first-order valence-corrected chi connectivity index (χ1v) is 4.85. The number of nitrogen functional groups attached to an aromatic ring is 1. The minimum absolute atomic E-state index is 0.0159. The molecule has 0 fully saturated rings. The second kappa shape index (κ2) is 3.85. The lowest BCUT2D eigenvalue weighted by Gasteiger charge is -1.98. The molecule has 5 nitrogen and oxygen atoms in total. The fraction of sp³-hybridized carbons (Fsp3) is 0.125. The third-order valence-electron chi connectivity index (χ3n) is 1.51. The Morgan fingerprint density at radius 2 is 2.27 bits per heavy atom. The van der Waals surface area contributed by atoms with Gasteiger partial charge in [0.15, 0.2) is 5.82 Å². The molecule has 2 N–H and O–H groups in total. The molecule has 0 spiro atoms. The number of hydrogen-bond donors (Lipinski definition) is 1. The van der Waals surface area contributed by atoms with E-state index in [1.807, 2.05) is 0 Å². The van der Waals surface area contributed by atoms with Crippen molar-refractivity contribution in [1.82, 2.24) is 15.0 Å². The number of halogens is 1. The Morgan fingerprint density at radius 1 is 1.47 bits per heavy atom. The fourth-order valence-corrected chi connectivity index (χ4v) is 1.64. The summed E-state index contributed by atoms with van der Waals surface area (Å²) in [5.74, 6) is -0.535. The van der Waals surface area contributed by atoms with Gasteiger partial charge in [-0.05, 0) is 18.7 Å². The molecule has 0 amide bonds. The van der Waals surface area contributed by atoms with Crippen molar-refractivity contribution in [2.75, 3.05) is 5.73 Å². The van der Waals surface area contributed by atoms with Gasteiger partial charge in [-0.15, -0.1) is 0 Å². The third-order valence-corrected chi connectivity index (χ3v) is 2.35. The van der Waals surface area contributed by atoms with Crippen LogP contribution in [0.1, 0.15) is 5.69 Å². The number of rotatable bonds is 2. The molecule has 0 aromatic carbocycles. The lowest BCUT2D eigenvalue weighted by molar-refractivity contribution is 0.452. The van der Waals surface area contributed by atoms with E-state index >= 15 is 0 Å². The average Bonchev–Trinajstić information content (AvgIpc) is 2.58. The van der Waals surface area contributed by atoms with Gasteiger partial charge in [-0.3, -0.25) is 0 Å². The highest BCUT2D eigenvalue weighted by molar-refractivity contribution is 7.99. The Bertz CT molecular complexity index is 487. The number of oxazole rings is 1. The second-order valence-corrected chi connectivity index (χ2v) is 3.68. The van der Waals surface area contributed by atoms with E-state index in [-0.39, 0.29) is 11.0 Å². The Labute approximate surface area is 88.9 Å². The lowest BCUT2D eigenvalue weighted by Crippen LogP contribution is -1.97. The molecule has 0 aliphatic carbocycles. The Hall–Kier alpha value is -1.63. The molecular weight excluding hydrogens is 219 g/mol. The average molecular weight is 226 g/mol. The molecule has 0 saturated carbocycles. The van der Waals surface area contributed by atoms with Crippen LogP contribution in [0.5, 0.6) is 0 Å². The van der Waals surface area contributed by atoms with Gasteiger partial charge in [-0.1, -0.05) is 0 Å². The van der Waals surface area contributed by atoms with E-state index in [0.717, 1.165) is 23.7 Å². The lowest BCUT2D eigenvalue weighted by atomic mass is 10.6. The molecule has 0 aliphatic heterocycles. The van der Waals surface area contributed by atoms with E-state index in [9.17, 15) is 4.39 Å². The topological polar surface area (TPSA) is 77.8 Å². The van der Waals surface area contributed by atoms with Crippen LogP contribution < -0.4 is 5.73 Å². The minimum Gasteiger partial charge on any atom is -0.439 e. The molecule has 2 aromatic rings. The van der Waals surface area contributed by atoms with Gasteiger partial charge in [-0.25, -0.2) is 19.3 Å². The summed E-state index contributed by atoms with van der Waals surface area (Å²) in [6.45, 7) is 1.78. The summed E-state index contributed by atoms with van der Waals surface area (Å²) < 4.78 is 18.2. The highest BCUT2D eigenvalue weighted by atomic mass is 32.2. The molecule has 0 saturated heterocycles. The fourth-order valence-electron chi connectivity index (χ4n) is 0.898. The Balaban J connectivity index is 2.27. The normalized spacial score (nSPS) is 10.5. The first-order valence-electron chi connectivity index (χ1n) is 4.03. The van der Waals surface area contributed by atoms with Crippen molar-refractivity contribution in [3.63, 3.8) is 0 Å². The van der Waals surface area contributed by atoms with Crippen LogP contribution in [-0.4, -0.2) is 15.0 Å². The number of hydrogen-bond acceptors (Lipinski definition) is 6. The van der Waals surface area contributed by atoms with E-state index in [1.54, 1.807) is 6.92 Å².